The largest absolute Gasteiger partial charge is 0.0877 e. The highest BCUT2D eigenvalue weighted by molar-refractivity contribution is 14.1. The number of hydrogen-bond acceptors (Lipinski definition) is 0. The van der Waals surface area contributed by atoms with Crippen LogP contribution in [0.15, 0.2) is 34.5 Å². The van der Waals surface area contributed by atoms with Crippen molar-refractivity contribution in [2.45, 2.75) is 6.92 Å². The minimum atomic E-state index is 1.97. The topological polar surface area (TPSA) is 0 Å². The van der Waals surface area contributed by atoms with E-state index < -0.39 is 0 Å². The van der Waals surface area contributed by atoms with Crippen LogP contribution in [0.2, 0.25) is 0 Å². The summed E-state index contributed by atoms with van der Waals surface area (Å²) >= 11 is 2.18. The molecule has 0 fully saturated rings. The molecule has 0 aromatic carbocycles. The molecule has 0 radical (unpaired) electrons. The van der Waals surface area contributed by atoms with Gasteiger partial charge in [-0.3, -0.25) is 0 Å². The molecular weight excluding hydrogens is 211 g/mol. The molecule has 0 aliphatic heterocycles. The van der Waals surface area contributed by atoms with E-state index in [1.165, 1.54) is 0 Å². The van der Waals surface area contributed by atoms with Crippen LogP contribution in [0.4, 0.5) is 0 Å². The Kier molecular flexibility index (Phi) is 6.91. The number of halogens is 1. The summed E-state index contributed by atoms with van der Waals surface area (Å²) < 4.78 is 1.97. The van der Waals surface area contributed by atoms with Crippen molar-refractivity contribution < 1.29 is 0 Å². The van der Waals surface area contributed by atoms with Gasteiger partial charge in [0.2, 0.25) is 0 Å². The van der Waals surface area contributed by atoms with Gasteiger partial charge in [0.05, 0.1) is 0 Å². The van der Waals surface area contributed by atoms with Gasteiger partial charge in [-0.15, -0.1) is 0 Å². The molecule has 0 atom stereocenters. The second-order valence-electron chi connectivity index (χ2n) is 1.23. The Bertz CT molecular complexity index is 95.6. The maximum atomic E-state index is 2.18. The highest BCUT2D eigenvalue weighted by atomic mass is 127. The molecule has 0 spiro atoms. The first-order chi connectivity index (χ1) is 3.91. The van der Waals surface area contributed by atoms with Crippen LogP contribution in [-0.4, -0.2) is 0 Å². The molecule has 0 N–H and O–H groups in total. The normalized spacial score (nSPS) is 12.8. The van der Waals surface area contributed by atoms with Crippen LogP contribution in [0, 0.1) is 0 Å². The maximum Gasteiger partial charge on any atom is -0.0234 e. The molecule has 0 aromatic rings. The fourth-order valence-corrected chi connectivity index (χ4v) is 0.521. The summed E-state index contributed by atoms with van der Waals surface area (Å²) in [6, 6.07) is 0. The van der Waals surface area contributed by atoms with E-state index in [2.05, 4.69) is 22.6 Å². The quantitative estimate of drug-likeness (QED) is 0.495. The predicted octanol–water partition coefficient (Wildman–Crippen LogP) is 3.07. The molecule has 0 nitrogen and oxygen atoms in total. The Hall–Kier alpha value is -0.0500. The average molecular weight is 220 g/mol. The van der Waals surface area contributed by atoms with Crippen LogP contribution >= 0.6 is 22.6 Å². The van der Waals surface area contributed by atoms with Crippen molar-refractivity contribution in [3.63, 3.8) is 0 Å². The van der Waals surface area contributed by atoms with E-state index in [1.807, 2.05) is 41.4 Å². The fourth-order valence-electron chi connectivity index (χ4n) is 0.281. The predicted molar refractivity (Wildman–Crippen MR) is 47.1 cm³/mol. The van der Waals surface area contributed by atoms with Crippen molar-refractivity contribution in [1.29, 1.82) is 0 Å². The minimum Gasteiger partial charge on any atom is -0.0877 e. The molecule has 8 heavy (non-hydrogen) atoms. The molecule has 0 aliphatic carbocycles. The summed E-state index contributed by atoms with van der Waals surface area (Å²) in [4.78, 5) is 0. The van der Waals surface area contributed by atoms with Crippen molar-refractivity contribution in [3.8, 4) is 0 Å². The molecule has 0 saturated carbocycles. The monoisotopic (exact) mass is 220 g/mol. The highest BCUT2D eigenvalue weighted by Crippen LogP contribution is 1.84. The molecule has 44 valence electrons. The molecular formula is C7H9I. The third-order valence-electron chi connectivity index (χ3n) is 0.599. The Morgan fingerprint density at radius 2 is 1.62 bits per heavy atom. The second kappa shape index (κ2) is 6.95. The zero-order chi connectivity index (χ0) is 6.24. The summed E-state index contributed by atoms with van der Waals surface area (Å²) in [5, 5.41) is 0. The van der Waals surface area contributed by atoms with E-state index in [4.69, 9.17) is 0 Å². The Labute approximate surface area is 64.1 Å². The molecule has 0 saturated heterocycles. The highest BCUT2D eigenvalue weighted by Gasteiger charge is 1.56. The number of rotatable bonds is 2. The van der Waals surface area contributed by atoms with Crippen molar-refractivity contribution >= 4 is 22.6 Å². The lowest BCUT2D eigenvalue weighted by atomic mass is 10.4. The summed E-state index contributed by atoms with van der Waals surface area (Å²) in [5.74, 6) is 0. The van der Waals surface area contributed by atoms with Gasteiger partial charge in [-0.1, -0.05) is 53.0 Å². The van der Waals surface area contributed by atoms with Crippen LogP contribution in [0.1, 0.15) is 6.92 Å². The smallest absolute Gasteiger partial charge is 0.0234 e. The van der Waals surface area contributed by atoms with E-state index >= 15 is 0 Å². The van der Waals surface area contributed by atoms with Gasteiger partial charge in [-0.25, -0.2) is 0 Å². The van der Waals surface area contributed by atoms with E-state index in [0.29, 0.717) is 0 Å². The van der Waals surface area contributed by atoms with Crippen LogP contribution in [0.3, 0.4) is 0 Å². The molecule has 1 heteroatoms. The molecule has 0 aromatic heterocycles. The van der Waals surface area contributed by atoms with E-state index in [9.17, 15) is 0 Å². The summed E-state index contributed by atoms with van der Waals surface area (Å²) in [5.41, 5.74) is 0. The summed E-state index contributed by atoms with van der Waals surface area (Å²) in [6.07, 6.45) is 9.97. The van der Waals surface area contributed by atoms with Crippen molar-refractivity contribution in [1.82, 2.24) is 0 Å². The Morgan fingerprint density at radius 1 is 1.00 bits per heavy atom. The van der Waals surface area contributed by atoms with Gasteiger partial charge in [-0.05, 0) is 11.0 Å². The van der Waals surface area contributed by atoms with Gasteiger partial charge in [0.15, 0.2) is 0 Å². The number of hydrogen-bond donors (Lipinski definition) is 0. The zero-order valence-corrected chi connectivity index (χ0v) is 7.00. The van der Waals surface area contributed by atoms with Crippen molar-refractivity contribution in [2.75, 3.05) is 0 Å². The minimum absolute atomic E-state index is 1.97. The van der Waals surface area contributed by atoms with Gasteiger partial charge in [0, 0.05) is 0 Å². The standard InChI is InChI=1S/C7H9I/c1-2-3-4-5-6-7-8/h2-7H,1H3/b3-2+,5-4+,7-6-. The van der Waals surface area contributed by atoms with E-state index in [0.717, 1.165) is 0 Å². The molecule has 0 rings (SSSR count). The SMILES string of the molecule is C/C=C/C=C/C=C\I. The van der Waals surface area contributed by atoms with Crippen LogP contribution < -0.4 is 0 Å². The van der Waals surface area contributed by atoms with Gasteiger partial charge in [0.1, 0.15) is 0 Å². The summed E-state index contributed by atoms with van der Waals surface area (Å²) in [6.45, 7) is 2.00. The Balaban J connectivity index is 3.35. The van der Waals surface area contributed by atoms with Crippen LogP contribution in [0.5, 0.6) is 0 Å². The van der Waals surface area contributed by atoms with Crippen molar-refractivity contribution in [3.05, 3.63) is 34.5 Å². The second-order valence-corrected chi connectivity index (χ2v) is 1.95. The van der Waals surface area contributed by atoms with Gasteiger partial charge in [-0.2, -0.15) is 0 Å². The van der Waals surface area contributed by atoms with E-state index in [-0.39, 0.29) is 0 Å². The third kappa shape index (κ3) is 5.95. The number of allylic oxidation sites excluding steroid dienone is 5. The molecule has 0 bridgehead atoms. The van der Waals surface area contributed by atoms with Crippen LogP contribution in [0.25, 0.3) is 0 Å². The van der Waals surface area contributed by atoms with Gasteiger partial charge in [0.25, 0.3) is 0 Å². The molecule has 0 amide bonds. The van der Waals surface area contributed by atoms with Crippen molar-refractivity contribution in [2.24, 2.45) is 0 Å². The third-order valence-corrected chi connectivity index (χ3v) is 1.01. The molecule has 0 unspecified atom stereocenters. The molecule has 0 heterocycles. The van der Waals surface area contributed by atoms with E-state index in [1.54, 1.807) is 0 Å². The summed E-state index contributed by atoms with van der Waals surface area (Å²) in [7, 11) is 0. The zero-order valence-electron chi connectivity index (χ0n) is 4.84. The average Bonchev–Trinajstić information content (AvgIpc) is 1.81. The molecule has 0 aliphatic rings. The lowest BCUT2D eigenvalue weighted by Crippen LogP contribution is -1.44. The lowest BCUT2D eigenvalue weighted by Gasteiger charge is -1.67. The first-order valence-corrected chi connectivity index (χ1v) is 3.71. The van der Waals surface area contributed by atoms with Gasteiger partial charge < -0.3 is 0 Å². The Morgan fingerprint density at radius 3 is 2.12 bits per heavy atom. The first kappa shape index (κ1) is 7.95. The first-order valence-electron chi connectivity index (χ1n) is 2.46. The van der Waals surface area contributed by atoms with Gasteiger partial charge >= 0.3 is 0 Å². The lowest BCUT2D eigenvalue weighted by molar-refractivity contribution is 1.73. The van der Waals surface area contributed by atoms with Crippen LogP contribution in [-0.2, 0) is 0 Å². The maximum absolute atomic E-state index is 2.18. The fraction of sp³-hybridized carbons (Fsp3) is 0.143.